The third-order valence-corrected chi connectivity index (χ3v) is 4.11. The molecule has 0 atom stereocenters. The third-order valence-electron chi connectivity index (χ3n) is 4.11. The summed E-state index contributed by atoms with van der Waals surface area (Å²) in [5, 5.41) is 7.34. The van der Waals surface area contributed by atoms with Gasteiger partial charge in [-0.25, -0.2) is 4.98 Å². The van der Waals surface area contributed by atoms with Crippen LogP contribution >= 0.6 is 0 Å². The molecular formula is C21H24N6O2. The van der Waals surface area contributed by atoms with Gasteiger partial charge in [0.25, 0.3) is 5.91 Å². The minimum Gasteiger partial charge on any atom is -0.352 e. The monoisotopic (exact) mass is 392 g/mol. The van der Waals surface area contributed by atoms with Crippen molar-refractivity contribution in [3.63, 3.8) is 0 Å². The van der Waals surface area contributed by atoms with Gasteiger partial charge in [0.15, 0.2) is 0 Å². The van der Waals surface area contributed by atoms with Crippen LogP contribution in [0.15, 0.2) is 48.9 Å². The SMILES string of the molecule is CC(C)NC(=O)Cn1ccc(-c2cccc(-c3cncc(C(=O)N(C)C)n3)c2)n1. The predicted octanol–water partition coefficient (Wildman–Crippen LogP) is 2.23. The number of hydrogen-bond acceptors (Lipinski definition) is 5. The Kier molecular flexibility index (Phi) is 6.01. The minimum atomic E-state index is -0.200. The third kappa shape index (κ3) is 5.04. The molecule has 0 aliphatic heterocycles. The van der Waals surface area contributed by atoms with Gasteiger partial charge in [0, 0.05) is 37.5 Å². The molecule has 8 nitrogen and oxygen atoms in total. The molecular weight excluding hydrogens is 368 g/mol. The van der Waals surface area contributed by atoms with Crippen LogP contribution in [0.25, 0.3) is 22.5 Å². The zero-order valence-corrected chi connectivity index (χ0v) is 17.0. The fourth-order valence-electron chi connectivity index (χ4n) is 2.79. The minimum absolute atomic E-state index is 0.0824. The zero-order chi connectivity index (χ0) is 21.0. The Labute approximate surface area is 169 Å². The molecule has 0 saturated heterocycles. The standard InChI is InChI=1S/C21H24N6O2/c1-14(2)23-20(28)13-27-9-8-17(25-27)15-6-5-7-16(10-15)18-11-22-12-19(24-18)21(29)26(3)4/h5-12,14H,13H2,1-4H3,(H,23,28). The van der Waals surface area contributed by atoms with E-state index in [1.807, 2.05) is 44.2 Å². The number of nitrogens with zero attached hydrogens (tertiary/aromatic N) is 5. The summed E-state index contributed by atoms with van der Waals surface area (Å²) >= 11 is 0. The first kappa shape index (κ1) is 20.2. The van der Waals surface area contributed by atoms with E-state index in [-0.39, 0.29) is 24.4 Å². The molecule has 150 valence electrons. The number of amides is 2. The van der Waals surface area contributed by atoms with Crippen molar-refractivity contribution in [3.8, 4) is 22.5 Å². The summed E-state index contributed by atoms with van der Waals surface area (Å²) in [6, 6.07) is 9.63. The average molecular weight is 392 g/mol. The lowest BCUT2D eigenvalue weighted by molar-refractivity contribution is -0.122. The van der Waals surface area contributed by atoms with E-state index in [4.69, 9.17) is 0 Å². The van der Waals surface area contributed by atoms with Gasteiger partial charge in [-0.2, -0.15) is 5.10 Å². The largest absolute Gasteiger partial charge is 0.352 e. The van der Waals surface area contributed by atoms with Crippen molar-refractivity contribution in [1.82, 2.24) is 30.0 Å². The van der Waals surface area contributed by atoms with Crippen molar-refractivity contribution >= 4 is 11.8 Å². The molecule has 0 aliphatic rings. The van der Waals surface area contributed by atoms with E-state index >= 15 is 0 Å². The lowest BCUT2D eigenvalue weighted by atomic mass is 10.1. The van der Waals surface area contributed by atoms with E-state index in [1.54, 1.807) is 31.2 Å². The second-order valence-electron chi connectivity index (χ2n) is 7.19. The number of nitrogens with one attached hydrogen (secondary N) is 1. The molecule has 29 heavy (non-hydrogen) atoms. The van der Waals surface area contributed by atoms with Gasteiger partial charge in [-0.3, -0.25) is 19.3 Å². The summed E-state index contributed by atoms with van der Waals surface area (Å²) in [6.45, 7) is 4.00. The Balaban J connectivity index is 1.83. The van der Waals surface area contributed by atoms with Crippen LogP contribution in [0.3, 0.4) is 0 Å². The summed E-state index contributed by atoms with van der Waals surface area (Å²) < 4.78 is 1.61. The van der Waals surface area contributed by atoms with Crippen LogP contribution in [0.5, 0.6) is 0 Å². The molecule has 0 unspecified atom stereocenters. The number of hydrogen-bond donors (Lipinski definition) is 1. The number of aromatic nitrogens is 4. The van der Waals surface area contributed by atoms with Crippen LogP contribution < -0.4 is 5.32 Å². The van der Waals surface area contributed by atoms with Gasteiger partial charge in [-0.15, -0.1) is 0 Å². The molecule has 0 spiro atoms. The van der Waals surface area contributed by atoms with Crippen LogP contribution in [-0.2, 0) is 11.3 Å². The number of carbonyl (C=O) groups excluding carboxylic acids is 2. The molecule has 1 aromatic carbocycles. The second kappa shape index (κ2) is 8.64. The molecule has 0 aliphatic carbocycles. The molecule has 3 aromatic rings. The van der Waals surface area contributed by atoms with Gasteiger partial charge in [0.05, 0.1) is 23.8 Å². The Morgan fingerprint density at radius 1 is 1.10 bits per heavy atom. The van der Waals surface area contributed by atoms with Crippen LogP contribution in [0.1, 0.15) is 24.3 Å². The maximum absolute atomic E-state index is 12.2. The highest BCUT2D eigenvalue weighted by atomic mass is 16.2. The summed E-state index contributed by atoms with van der Waals surface area (Å²) in [5.74, 6) is -0.282. The quantitative estimate of drug-likeness (QED) is 0.694. The van der Waals surface area contributed by atoms with Crippen molar-refractivity contribution in [3.05, 3.63) is 54.6 Å². The van der Waals surface area contributed by atoms with E-state index in [2.05, 4.69) is 20.4 Å². The van der Waals surface area contributed by atoms with Crippen molar-refractivity contribution in [2.45, 2.75) is 26.4 Å². The van der Waals surface area contributed by atoms with E-state index in [0.29, 0.717) is 11.4 Å². The van der Waals surface area contributed by atoms with Gasteiger partial charge in [-0.1, -0.05) is 18.2 Å². The molecule has 0 radical (unpaired) electrons. The number of carbonyl (C=O) groups is 2. The first-order valence-electron chi connectivity index (χ1n) is 9.31. The van der Waals surface area contributed by atoms with Gasteiger partial charge in [-0.05, 0) is 26.0 Å². The Bertz CT molecular complexity index is 1030. The summed E-state index contributed by atoms with van der Waals surface area (Å²) in [5.41, 5.74) is 3.36. The normalized spacial score (nSPS) is 10.8. The van der Waals surface area contributed by atoms with Crippen LogP contribution in [-0.4, -0.2) is 56.6 Å². The van der Waals surface area contributed by atoms with E-state index in [9.17, 15) is 9.59 Å². The smallest absolute Gasteiger partial charge is 0.273 e. The molecule has 8 heteroatoms. The van der Waals surface area contributed by atoms with Crippen LogP contribution in [0, 0.1) is 0 Å². The Morgan fingerprint density at radius 2 is 1.83 bits per heavy atom. The van der Waals surface area contributed by atoms with Gasteiger partial charge >= 0.3 is 0 Å². The topological polar surface area (TPSA) is 93.0 Å². The summed E-state index contributed by atoms with van der Waals surface area (Å²) in [7, 11) is 3.35. The maximum atomic E-state index is 12.2. The van der Waals surface area contributed by atoms with E-state index in [0.717, 1.165) is 16.8 Å². The predicted molar refractivity (Wildman–Crippen MR) is 110 cm³/mol. The van der Waals surface area contributed by atoms with Crippen LogP contribution in [0.2, 0.25) is 0 Å². The summed E-state index contributed by atoms with van der Waals surface area (Å²) in [4.78, 5) is 34.1. The fraction of sp³-hybridized carbons (Fsp3) is 0.286. The number of rotatable bonds is 6. The lowest BCUT2D eigenvalue weighted by Crippen LogP contribution is -2.33. The first-order valence-corrected chi connectivity index (χ1v) is 9.31. The molecule has 3 rings (SSSR count). The van der Waals surface area contributed by atoms with Gasteiger partial charge in [0.2, 0.25) is 5.91 Å². The average Bonchev–Trinajstić information content (AvgIpc) is 3.15. The zero-order valence-electron chi connectivity index (χ0n) is 17.0. The fourth-order valence-corrected chi connectivity index (χ4v) is 2.79. The molecule has 1 N–H and O–H groups in total. The van der Waals surface area contributed by atoms with Crippen molar-refractivity contribution in [2.24, 2.45) is 0 Å². The Hall–Kier alpha value is -3.55. The highest BCUT2D eigenvalue weighted by molar-refractivity contribution is 5.92. The summed E-state index contributed by atoms with van der Waals surface area (Å²) in [6.07, 6.45) is 4.86. The van der Waals surface area contributed by atoms with Crippen LogP contribution in [0.4, 0.5) is 0 Å². The molecule has 0 bridgehead atoms. The first-order chi connectivity index (χ1) is 13.8. The van der Waals surface area contributed by atoms with E-state index < -0.39 is 0 Å². The maximum Gasteiger partial charge on any atom is 0.273 e. The molecule has 0 fully saturated rings. The number of benzene rings is 1. The van der Waals surface area contributed by atoms with Crippen molar-refractivity contribution in [1.29, 1.82) is 0 Å². The van der Waals surface area contributed by atoms with Gasteiger partial charge < -0.3 is 10.2 Å². The highest BCUT2D eigenvalue weighted by Gasteiger charge is 2.13. The Morgan fingerprint density at radius 3 is 2.52 bits per heavy atom. The van der Waals surface area contributed by atoms with Crippen molar-refractivity contribution in [2.75, 3.05) is 14.1 Å². The van der Waals surface area contributed by atoms with Crippen molar-refractivity contribution < 1.29 is 9.59 Å². The van der Waals surface area contributed by atoms with Gasteiger partial charge in [0.1, 0.15) is 12.2 Å². The second-order valence-corrected chi connectivity index (χ2v) is 7.19. The molecule has 2 aromatic heterocycles. The molecule has 2 amide bonds. The molecule has 2 heterocycles. The lowest BCUT2D eigenvalue weighted by Gasteiger charge is -2.10. The van der Waals surface area contributed by atoms with E-state index in [1.165, 1.54) is 11.1 Å². The highest BCUT2D eigenvalue weighted by Crippen LogP contribution is 2.24. The molecule has 0 saturated carbocycles.